The standard InChI is InChI=1S/C10H5I2NO3S/c11-5-1-4(8(14)6(12)3-5)2-7-9(15)13-10(16)17-7/h1-3,14H,(H,13,15,16)/b7-2-. The minimum atomic E-state index is -0.423. The van der Waals surface area contributed by atoms with Gasteiger partial charge in [0.15, 0.2) is 0 Å². The molecule has 17 heavy (non-hydrogen) atoms. The van der Waals surface area contributed by atoms with E-state index in [-0.39, 0.29) is 11.0 Å². The number of hydrogen-bond acceptors (Lipinski definition) is 4. The van der Waals surface area contributed by atoms with Crippen molar-refractivity contribution >= 4 is 74.2 Å². The molecule has 0 saturated carbocycles. The molecule has 88 valence electrons. The molecule has 1 aliphatic rings. The second kappa shape index (κ2) is 5.14. The fraction of sp³-hybridized carbons (Fsp3) is 0. The van der Waals surface area contributed by atoms with E-state index in [0.29, 0.717) is 14.0 Å². The van der Waals surface area contributed by atoms with E-state index < -0.39 is 5.91 Å². The Kier molecular flexibility index (Phi) is 3.98. The van der Waals surface area contributed by atoms with E-state index in [1.165, 1.54) is 6.08 Å². The van der Waals surface area contributed by atoms with Crippen LogP contribution in [0, 0.1) is 7.14 Å². The third-order valence-corrected chi connectivity index (χ3v) is 4.24. The van der Waals surface area contributed by atoms with Crippen LogP contribution < -0.4 is 5.32 Å². The van der Waals surface area contributed by atoms with Gasteiger partial charge in [-0.25, -0.2) is 0 Å². The third-order valence-electron chi connectivity index (χ3n) is 1.99. The molecule has 0 aliphatic carbocycles. The molecule has 0 atom stereocenters. The van der Waals surface area contributed by atoms with Gasteiger partial charge in [0.25, 0.3) is 11.1 Å². The first-order valence-electron chi connectivity index (χ1n) is 4.40. The fourth-order valence-corrected chi connectivity index (χ4v) is 3.82. The minimum absolute atomic E-state index is 0.117. The quantitative estimate of drug-likeness (QED) is 0.487. The number of halogens is 2. The van der Waals surface area contributed by atoms with Crippen LogP contribution in [-0.4, -0.2) is 16.3 Å². The lowest BCUT2D eigenvalue weighted by Gasteiger charge is -2.03. The molecule has 1 aromatic carbocycles. The predicted molar refractivity (Wildman–Crippen MR) is 82.6 cm³/mol. The largest absolute Gasteiger partial charge is 0.506 e. The molecule has 1 aromatic rings. The Morgan fingerprint density at radius 3 is 2.59 bits per heavy atom. The second-order valence-electron chi connectivity index (χ2n) is 3.18. The van der Waals surface area contributed by atoms with Crippen LogP contribution in [0.1, 0.15) is 5.56 Å². The number of thioether (sulfide) groups is 1. The van der Waals surface area contributed by atoms with Gasteiger partial charge in [-0.1, -0.05) is 0 Å². The van der Waals surface area contributed by atoms with Crippen molar-refractivity contribution in [2.24, 2.45) is 0 Å². The van der Waals surface area contributed by atoms with Crippen LogP contribution in [0.2, 0.25) is 0 Å². The molecule has 2 N–H and O–H groups in total. The highest BCUT2D eigenvalue weighted by atomic mass is 127. The monoisotopic (exact) mass is 473 g/mol. The molecule has 0 spiro atoms. The average molecular weight is 473 g/mol. The second-order valence-corrected chi connectivity index (χ2v) is 6.60. The van der Waals surface area contributed by atoms with Crippen LogP contribution in [0.5, 0.6) is 5.75 Å². The Bertz CT molecular complexity index is 557. The molecular formula is C10H5I2NO3S. The summed E-state index contributed by atoms with van der Waals surface area (Å²) in [6, 6.07) is 3.58. The van der Waals surface area contributed by atoms with Crippen LogP contribution >= 0.6 is 56.9 Å². The fourth-order valence-electron chi connectivity index (χ4n) is 1.26. The lowest BCUT2D eigenvalue weighted by Crippen LogP contribution is -2.17. The van der Waals surface area contributed by atoms with E-state index in [9.17, 15) is 14.7 Å². The summed E-state index contributed by atoms with van der Waals surface area (Å²) in [6.45, 7) is 0. The maximum absolute atomic E-state index is 11.4. The summed E-state index contributed by atoms with van der Waals surface area (Å²) >= 11 is 4.97. The van der Waals surface area contributed by atoms with E-state index in [0.717, 1.165) is 15.3 Å². The van der Waals surface area contributed by atoms with E-state index in [2.05, 4.69) is 27.9 Å². The van der Waals surface area contributed by atoms with Crippen molar-refractivity contribution in [3.05, 3.63) is 29.7 Å². The lowest BCUT2D eigenvalue weighted by molar-refractivity contribution is -0.115. The van der Waals surface area contributed by atoms with Crippen molar-refractivity contribution in [3.8, 4) is 5.75 Å². The Morgan fingerprint density at radius 2 is 2.00 bits per heavy atom. The Balaban J connectivity index is 2.46. The number of phenolic OH excluding ortho intramolecular Hbond substituents is 1. The molecule has 0 unspecified atom stereocenters. The van der Waals surface area contributed by atoms with Gasteiger partial charge < -0.3 is 5.11 Å². The first-order chi connectivity index (χ1) is 7.97. The normalized spacial score (nSPS) is 17.6. The zero-order valence-electron chi connectivity index (χ0n) is 8.16. The Morgan fingerprint density at radius 1 is 1.29 bits per heavy atom. The van der Waals surface area contributed by atoms with Gasteiger partial charge in [0.05, 0.1) is 8.48 Å². The number of hydrogen-bond donors (Lipinski definition) is 2. The summed E-state index contributed by atoms with van der Waals surface area (Å²) in [5.41, 5.74) is 0.536. The molecule has 1 fully saturated rings. The highest BCUT2D eigenvalue weighted by Gasteiger charge is 2.25. The number of nitrogens with one attached hydrogen (secondary N) is 1. The first kappa shape index (κ1) is 13.1. The number of aromatic hydroxyl groups is 1. The zero-order valence-corrected chi connectivity index (χ0v) is 13.3. The zero-order chi connectivity index (χ0) is 12.6. The van der Waals surface area contributed by atoms with Crippen molar-refractivity contribution in [2.45, 2.75) is 0 Å². The summed E-state index contributed by atoms with van der Waals surface area (Å²) in [5.74, 6) is -0.306. The van der Waals surface area contributed by atoms with Crippen molar-refractivity contribution in [3.63, 3.8) is 0 Å². The van der Waals surface area contributed by atoms with Crippen molar-refractivity contribution < 1.29 is 14.7 Å². The van der Waals surface area contributed by atoms with Crippen LogP contribution in [0.4, 0.5) is 4.79 Å². The van der Waals surface area contributed by atoms with Gasteiger partial charge >= 0.3 is 0 Å². The van der Waals surface area contributed by atoms with E-state index in [4.69, 9.17) is 0 Å². The van der Waals surface area contributed by atoms with E-state index in [1.54, 1.807) is 6.07 Å². The van der Waals surface area contributed by atoms with Crippen molar-refractivity contribution in [2.75, 3.05) is 0 Å². The SMILES string of the molecule is O=C1NC(=O)/C(=C/c2cc(I)cc(I)c2O)S1. The molecule has 0 aromatic heterocycles. The Labute approximate surface area is 129 Å². The van der Waals surface area contributed by atoms with Gasteiger partial charge in [-0.2, -0.15) is 0 Å². The van der Waals surface area contributed by atoms with Gasteiger partial charge in [-0.15, -0.1) is 0 Å². The summed E-state index contributed by atoms with van der Waals surface area (Å²) in [7, 11) is 0. The minimum Gasteiger partial charge on any atom is -0.506 e. The number of benzene rings is 1. The molecule has 0 bridgehead atoms. The highest BCUT2D eigenvalue weighted by molar-refractivity contribution is 14.1. The van der Waals surface area contributed by atoms with E-state index >= 15 is 0 Å². The summed E-state index contributed by atoms with van der Waals surface area (Å²) in [4.78, 5) is 22.7. The molecule has 1 heterocycles. The lowest BCUT2D eigenvalue weighted by atomic mass is 10.2. The van der Waals surface area contributed by atoms with Gasteiger partial charge in [0, 0.05) is 9.13 Å². The predicted octanol–water partition coefficient (Wildman–Crippen LogP) is 2.93. The number of carbonyl (C=O) groups is 2. The Hall–Kier alpha value is -0.290. The topological polar surface area (TPSA) is 66.4 Å². The number of rotatable bonds is 1. The third kappa shape index (κ3) is 2.94. The van der Waals surface area contributed by atoms with Gasteiger partial charge in [0.1, 0.15) is 5.75 Å². The maximum Gasteiger partial charge on any atom is 0.290 e. The molecule has 0 radical (unpaired) electrons. The van der Waals surface area contributed by atoms with E-state index in [1.807, 2.05) is 28.7 Å². The van der Waals surface area contributed by atoms with Crippen molar-refractivity contribution in [1.29, 1.82) is 0 Å². The molecule has 2 rings (SSSR count). The molecule has 7 heteroatoms. The van der Waals surface area contributed by atoms with Gasteiger partial charge in [0.2, 0.25) is 0 Å². The number of amides is 2. The number of imide groups is 1. The molecule has 1 aliphatic heterocycles. The molecule has 4 nitrogen and oxygen atoms in total. The average Bonchev–Trinajstić information content (AvgIpc) is 2.53. The van der Waals surface area contributed by atoms with Gasteiger partial charge in [-0.3, -0.25) is 14.9 Å². The first-order valence-corrected chi connectivity index (χ1v) is 7.37. The van der Waals surface area contributed by atoms with Crippen LogP contribution in [0.3, 0.4) is 0 Å². The molecule has 2 amide bonds. The highest BCUT2D eigenvalue weighted by Crippen LogP contribution is 2.32. The maximum atomic E-state index is 11.4. The van der Waals surface area contributed by atoms with Crippen LogP contribution in [0.15, 0.2) is 17.0 Å². The summed E-state index contributed by atoms with van der Waals surface area (Å²) < 4.78 is 1.66. The van der Waals surface area contributed by atoms with Crippen LogP contribution in [0.25, 0.3) is 6.08 Å². The summed E-state index contributed by atoms with van der Waals surface area (Å²) in [6.07, 6.45) is 1.52. The molecule has 1 saturated heterocycles. The van der Waals surface area contributed by atoms with Gasteiger partial charge in [-0.05, 0) is 75.2 Å². The van der Waals surface area contributed by atoms with Crippen LogP contribution in [-0.2, 0) is 4.79 Å². The molecular weight excluding hydrogens is 468 g/mol. The van der Waals surface area contributed by atoms with Crippen molar-refractivity contribution in [1.82, 2.24) is 5.32 Å². The number of carbonyl (C=O) groups excluding carboxylic acids is 2. The number of phenols is 1. The summed E-state index contributed by atoms with van der Waals surface area (Å²) in [5, 5.41) is 11.6. The smallest absolute Gasteiger partial charge is 0.290 e.